The monoisotopic (exact) mass is 346 g/mol. The lowest BCUT2D eigenvalue weighted by Gasteiger charge is -2.02. The molecule has 0 aliphatic heterocycles. The number of carbonyl (C=O) groups is 1. The highest BCUT2D eigenvalue weighted by Crippen LogP contribution is 2.20. The van der Waals surface area contributed by atoms with Crippen molar-refractivity contribution in [2.24, 2.45) is 0 Å². The van der Waals surface area contributed by atoms with Crippen molar-refractivity contribution in [1.82, 2.24) is 19.7 Å². The van der Waals surface area contributed by atoms with E-state index in [1.54, 1.807) is 6.92 Å². The van der Waals surface area contributed by atoms with Crippen LogP contribution >= 0.6 is 0 Å². The fourth-order valence-electron chi connectivity index (χ4n) is 2.36. The lowest BCUT2D eigenvalue weighted by molar-refractivity contribution is -0.384. The number of hydrogen-bond donors (Lipinski definition) is 2. The number of benzene rings is 1. The van der Waals surface area contributed by atoms with Crippen LogP contribution in [0.1, 0.15) is 18.7 Å². The van der Waals surface area contributed by atoms with Crippen LogP contribution < -0.4 is 11.1 Å². The van der Waals surface area contributed by atoms with Gasteiger partial charge in [0, 0.05) is 19.0 Å². The van der Waals surface area contributed by atoms with Crippen LogP contribution in [0.4, 0.5) is 11.6 Å². The van der Waals surface area contributed by atoms with Gasteiger partial charge in [-0.05, 0) is 19.4 Å². The number of oxazole rings is 1. The van der Waals surface area contributed by atoms with Gasteiger partial charge < -0.3 is 4.42 Å². The number of rotatable bonds is 6. The summed E-state index contributed by atoms with van der Waals surface area (Å²) in [4.78, 5) is 37.9. The zero-order valence-corrected chi connectivity index (χ0v) is 13.2. The number of nitro benzene ring substituents is 1. The van der Waals surface area contributed by atoms with Crippen LogP contribution in [0, 0.1) is 17.0 Å². The summed E-state index contributed by atoms with van der Waals surface area (Å²) in [5, 5.41) is 19.7. The summed E-state index contributed by atoms with van der Waals surface area (Å²) >= 11 is 0. The van der Waals surface area contributed by atoms with E-state index in [0.717, 1.165) is 0 Å². The van der Waals surface area contributed by atoms with Crippen LogP contribution in [0.25, 0.3) is 11.1 Å². The van der Waals surface area contributed by atoms with Crippen molar-refractivity contribution in [3.63, 3.8) is 0 Å². The zero-order valence-electron chi connectivity index (χ0n) is 13.2. The van der Waals surface area contributed by atoms with Crippen molar-refractivity contribution in [3.8, 4) is 0 Å². The molecular formula is C14H14N6O5. The Balaban J connectivity index is 1.65. The first-order valence-electron chi connectivity index (χ1n) is 7.40. The molecule has 1 aromatic carbocycles. The maximum absolute atomic E-state index is 11.9. The van der Waals surface area contributed by atoms with Gasteiger partial charge in [-0.2, -0.15) is 4.98 Å². The highest BCUT2D eigenvalue weighted by Gasteiger charge is 2.14. The molecule has 0 saturated carbocycles. The summed E-state index contributed by atoms with van der Waals surface area (Å²) in [5.74, 6) is -0.127. The molecule has 0 saturated heterocycles. The first-order chi connectivity index (χ1) is 11.9. The SMILES string of the molecule is Cc1nc(NC(=O)CCCn2c(=O)oc3cc([N+](=O)[O-])ccc32)n[nH]1. The van der Waals surface area contributed by atoms with E-state index >= 15 is 0 Å². The second-order valence-electron chi connectivity index (χ2n) is 5.32. The van der Waals surface area contributed by atoms with Gasteiger partial charge in [-0.3, -0.25) is 29.9 Å². The van der Waals surface area contributed by atoms with Gasteiger partial charge in [-0.25, -0.2) is 4.79 Å². The highest BCUT2D eigenvalue weighted by atomic mass is 16.6. The average Bonchev–Trinajstić information content (AvgIpc) is 3.09. The van der Waals surface area contributed by atoms with Gasteiger partial charge in [0.25, 0.3) is 5.69 Å². The quantitative estimate of drug-likeness (QED) is 0.505. The molecule has 25 heavy (non-hydrogen) atoms. The van der Waals surface area contributed by atoms with E-state index in [0.29, 0.717) is 17.8 Å². The molecule has 130 valence electrons. The Kier molecular flexibility index (Phi) is 4.29. The number of fused-ring (bicyclic) bond motifs is 1. The molecule has 0 bridgehead atoms. The molecule has 0 aliphatic carbocycles. The number of aromatic nitrogens is 4. The summed E-state index contributed by atoms with van der Waals surface area (Å²) in [6.45, 7) is 1.95. The predicted molar refractivity (Wildman–Crippen MR) is 86.1 cm³/mol. The number of carbonyl (C=O) groups excluding carboxylic acids is 1. The van der Waals surface area contributed by atoms with Crippen LogP contribution in [-0.2, 0) is 11.3 Å². The molecule has 11 nitrogen and oxygen atoms in total. The van der Waals surface area contributed by atoms with Gasteiger partial charge in [0.1, 0.15) is 5.82 Å². The van der Waals surface area contributed by atoms with E-state index in [1.165, 1.54) is 22.8 Å². The third-order valence-corrected chi connectivity index (χ3v) is 3.50. The van der Waals surface area contributed by atoms with Gasteiger partial charge in [0.15, 0.2) is 5.58 Å². The van der Waals surface area contributed by atoms with Gasteiger partial charge in [-0.1, -0.05) is 0 Å². The number of nitrogens with one attached hydrogen (secondary N) is 2. The smallest absolute Gasteiger partial charge is 0.407 e. The zero-order chi connectivity index (χ0) is 18.0. The molecule has 0 atom stereocenters. The molecule has 3 rings (SSSR count). The standard InChI is InChI=1S/C14H14N6O5/c1-8-15-13(18-17-8)16-12(21)3-2-6-19-10-5-4-9(20(23)24)7-11(10)25-14(19)22/h4-5,7H,2-3,6H2,1H3,(H2,15,16,17,18,21). The molecule has 0 fully saturated rings. The minimum absolute atomic E-state index is 0.139. The Hall–Kier alpha value is -3.50. The van der Waals surface area contributed by atoms with E-state index in [2.05, 4.69) is 20.5 Å². The molecule has 0 aliphatic rings. The number of amides is 1. The maximum atomic E-state index is 11.9. The Labute approximate surface area is 139 Å². The third kappa shape index (κ3) is 3.54. The number of aryl methyl sites for hydroxylation is 2. The van der Waals surface area contributed by atoms with E-state index in [4.69, 9.17) is 4.42 Å². The molecule has 1 amide bonds. The Bertz CT molecular complexity index is 1000. The number of nitrogens with zero attached hydrogens (tertiary/aromatic N) is 4. The van der Waals surface area contributed by atoms with Gasteiger partial charge in [0.05, 0.1) is 16.5 Å². The summed E-state index contributed by atoms with van der Waals surface area (Å²) in [5.41, 5.74) is 0.426. The molecule has 0 radical (unpaired) electrons. The summed E-state index contributed by atoms with van der Waals surface area (Å²) in [7, 11) is 0. The normalized spacial score (nSPS) is 10.9. The topological polar surface area (TPSA) is 149 Å². The minimum atomic E-state index is -0.625. The van der Waals surface area contributed by atoms with E-state index < -0.39 is 10.7 Å². The summed E-state index contributed by atoms with van der Waals surface area (Å²) < 4.78 is 6.36. The lowest BCUT2D eigenvalue weighted by atomic mass is 10.2. The lowest BCUT2D eigenvalue weighted by Crippen LogP contribution is -2.17. The first kappa shape index (κ1) is 16.4. The van der Waals surface area contributed by atoms with Crippen molar-refractivity contribution in [2.45, 2.75) is 26.3 Å². The molecule has 2 aromatic heterocycles. The first-order valence-corrected chi connectivity index (χ1v) is 7.40. The van der Waals surface area contributed by atoms with Crippen LogP contribution in [0.3, 0.4) is 0 Å². The van der Waals surface area contributed by atoms with Gasteiger partial charge in [0.2, 0.25) is 11.9 Å². The molecule has 0 spiro atoms. The van der Waals surface area contributed by atoms with E-state index in [9.17, 15) is 19.7 Å². The van der Waals surface area contributed by atoms with Crippen molar-refractivity contribution < 1.29 is 14.1 Å². The van der Waals surface area contributed by atoms with Crippen LogP contribution in [0.5, 0.6) is 0 Å². The van der Waals surface area contributed by atoms with Gasteiger partial charge >= 0.3 is 5.76 Å². The number of anilines is 1. The van der Waals surface area contributed by atoms with Crippen molar-refractivity contribution in [3.05, 3.63) is 44.7 Å². The summed E-state index contributed by atoms with van der Waals surface area (Å²) in [6.07, 6.45) is 0.528. The maximum Gasteiger partial charge on any atom is 0.419 e. The van der Waals surface area contributed by atoms with Crippen LogP contribution in [0.2, 0.25) is 0 Å². The molecule has 0 unspecified atom stereocenters. The predicted octanol–water partition coefficient (Wildman–Crippen LogP) is 1.35. The number of aromatic amines is 1. The molecule has 2 N–H and O–H groups in total. The molecule has 11 heteroatoms. The Morgan fingerprint density at radius 2 is 2.28 bits per heavy atom. The van der Waals surface area contributed by atoms with Gasteiger partial charge in [-0.15, -0.1) is 5.10 Å². The van der Waals surface area contributed by atoms with Crippen molar-refractivity contribution in [2.75, 3.05) is 5.32 Å². The summed E-state index contributed by atoms with van der Waals surface area (Å²) in [6, 6.07) is 3.95. The fourth-order valence-corrected chi connectivity index (χ4v) is 2.36. The number of H-pyrrole nitrogens is 1. The number of hydrogen-bond acceptors (Lipinski definition) is 7. The highest BCUT2D eigenvalue weighted by molar-refractivity contribution is 5.88. The van der Waals surface area contributed by atoms with Crippen molar-refractivity contribution in [1.29, 1.82) is 0 Å². The third-order valence-electron chi connectivity index (χ3n) is 3.50. The largest absolute Gasteiger partial charge is 0.419 e. The molecular weight excluding hydrogens is 332 g/mol. The van der Waals surface area contributed by atoms with E-state index in [-0.39, 0.29) is 36.1 Å². The minimum Gasteiger partial charge on any atom is -0.407 e. The number of nitro groups is 1. The van der Waals surface area contributed by atoms with Crippen molar-refractivity contribution >= 4 is 28.6 Å². The van der Waals surface area contributed by atoms with Crippen LogP contribution in [-0.4, -0.2) is 30.6 Å². The Morgan fingerprint density at radius 3 is 2.96 bits per heavy atom. The second-order valence-corrected chi connectivity index (χ2v) is 5.32. The second kappa shape index (κ2) is 6.55. The molecule has 2 heterocycles. The Morgan fingerprint density at radius 1 is 1.48 bits per heavy atom. The van der Waals surface area contributed by atoms with E-state index in [1.807, 2.05) is 0 Å². The average molecular weight is 346 g/mol. The van der Waals surface area contributed by atoms with Crippen LogP contribution in [0.15, 0.2) is 27.4 Å². The fraction of sp³-hybridized carbons (Fsp3) is 0.286. The molecule has 3 aromatic rings. The number of non-ortho nitro benzene ring substituents is 1.